The molecule has 0 atom stereocenters. The van der Waals surface area contributed by atoms with Crippen LogP contribution in [0.1, 0.15) is 51.4 Å². The van der Waals surface area contributed by atoms with Crippen LogP contribution in [0.25, 0.3) is 0 Å². The van der Waals surface area contributed by atoms with Gasteiger partial charge in [0, 0.05) is 38.8 Å². The van der Waals surface area contributed by atoms with Crippen molar-refractivity contribution >= 4 is 0 Å². The van der Waals surface area contributed by atoms with Crippen molar-refractivity contribution in [3.63, 3.8) is 0 Å². The monoisotopic (exact) mass is 1900 g/mol. The molecular weight excluding hydrogens is 1870 g/mol. The minimum absolute atomic E-state index is 1.05. The predicted molar refractivity (Wildman–Crippen MR) is 233 cm³/mol. The summed E-state index contributed by atoms with van der Waals surface area (Å²) in [5.74, 6) is -254. The molecule has 0 aromatic rings. The SMILES string of the molecule is FC(F)(F)C(F)(F)C(F)(F)C(F)(F)C(F)(F)C(F)(F)C(F)(F)C(F)(F)CCCN(CCCC(F)(F)C(F)(F)C(F)(F)C(F)(F)C(F)(F)C(F)(F)C(F)(F)C(F)(F)F)CCN(CCCC(F)(F)C(F)(F)C(F)(F)C(F)(F)C(F)(F)C(F)(F)C(F)(F)C(F)(F)F)CCCC(F)(F)C(F)(F)C(F)(F)C(F)(F)C(F)(F)C(F)(F)C(F)(F)C(F)(F)F. The van der Waals surface area contributed by atoms with Crippen LogP contribution in [0.2, 0.25) is 0 Å². The van der Waals surface area contributed by atoms with Crippen molar-refractivity contribution in [3.05, 3.63) is 0 Å². The zero-order valence-electron chi connectivity index (χ0n) is 52.5. The molecule has 2 nitrogen and oxygen atoms in total. The van der Waals surface area contributed by atoms with Gasteiger partial charge in [-0.05, 0) is 51.9 Å². The quantitative estimate of drug-likeness (QED) is 0.0562. The Labute approximate surface area is 590 Å². The van der Waals surface area contributed by atoms with E-state index in [2.05, 4.69) is 0 Å². The second-order valence-electron chi connectivity index (χ2n) is 23.7. The molecule has 0 aromatic heterocycles. The van der Waals surface area contributed by atoms with E-state index in [1.54, 1.807) is 0 Å². The first-order valence-corrected chi connectivity index (χ1v) is 27.7. The van der Waals surface area contributed by atoms with Crippen molar-refractivity contribution in [2.24, 2.45) is 0 Å². The van der Waals surface area contributed by atoms with E-state index < -0.39 is 291 Å². The smallest absolute Gasteiger partial charge is 0.302 e. The molecule has 0 bridgehead atoms. The maximum absolute atomic E-state index is 14.9. The van der Waals surface area contributed by atoms with Crippen molar-refractivity contribution in [3.8, 4) is 0 Å². The molecule has 0 spiro atoms. The Morgan fingerprint density at radius 3 is 0.284 bits per heavy atom. The van der Waals surface area contributed by atoms with Gasteiger partial charge in [-0.2, -0.15) is 299 Å². The third-order valence-corrected chi connectivity index (χ3v) is 15.7. The molecule has 116 heavy (non-hydrogen) atoms. The van der Waals surface area contributed by atoms with Gasteiger partial charge < -0.3 is 9.80 Å². The number of nitrogens with zero attached hydrogens (tertiary/aromatic N) is 2. The van der Waals surface area contributed by atoms with E-state index in [9.17, 15) is 299 Å². The van der Waals surface area contributed by atoms with Gasteiger partial charge in [-0.15, -0.1) is 0 Å². The van der Waals surface area contributed by atoms with Crippen LogP contribution in [0, 0.1) is 0 Å². The Bertz CT molecular complexity index is 2830. The maximum atomic E-state index is 14.9. The van der Waals surface area contributed by atoms with Crippen LogP contribution in [-0.2, 0) is 0 Å². The second kappa shape index (κ2) is 30.6. The summed E-state index contributed by atoms with van der Waals surface area (Å²) in [6.45, 7) is -16.8. The van der Waals surface area contributed by atoms with Crippen molar-refractivity contribution in [2.45, 2.75) is 242 Å². The molecule has 0 unspecified atom stereocenters. The summed E-state index contributed by atoms with van der Waals surface area (Å²) in [4.78, 5) is -2.10. The van der Waals surface area contributed by atoms with Crippen LogP contribution in [0.15, 0.2) is 0 Å². The third kappa shape index (κ3) is 16.3. The van der Waals surface area contributed by atoms with Crippen molar-refractivity contribution in [2.75, 3.05) is 39.3 Å². The highest BCUT2D eigenvalue weighted by Crippen LogP contribution is 2.71. The molecule has 0 saturated carbocycles. The summed E-state index contributed by atoms with van der Waals surface area (Å²) in [6.07, 6.45) is -62.4. The highest BCUT2D eigenvalue weighted by molar-refractivity contribution is 5.20. The summed E-state index contributed by atoms with van der Waals surface area (Å²) in [5.41, 5.74) is 0. The molecule has 0 heterocycles. The maximum Gasteiger partial charge on any atom is 0.460 e. The van der Waals surface area contributed by atoms with Gasteiger partial charge in [0.2, 0.25) is 0 Å². The fourth-order valence-corrected chi connectivity index (χ4v) is 8.47. The summed E-state index contributed by atoms with van der Waals surface area (Å²) < 4.78 is 945. The molecule has 0 N–H and O–H groups in total. The molecule has 0 aliphatic rings. The topological polar surface area (TPSA) is 6.48 Å². The van der Waals surface area contributed by atoms with Crippen LogP contribution in [0.5, 0.6) is 0 Å². The van der Waals surface area contributed by atoms with Crippen molar-refractivity contribution < 1.29 is 299 Å². The van der Waals surface area contributed by atoms with Gasteiger partial charge in [0.1, 0.15) is 0 Å². The summed E-state index contributed by atoms with van der Waals surface area (Å²) >= 11 is 0. The lowest BCUT2D eigenvalue weighted by atomic mass is 9.88. The van der Waals surface area contributed by atoms with Gasteiger partial charge in [0.05, 0.1) is 0 Å². The molecule has 698 valence electrons. The number of hydrogen-bond donors (Lipinski definition) is 0. The number of alkyl halides is 68. The average Bonchev–Trinajstić information content (AvgIpc) is 0.709. The molecule has 0 aliphatic carbocycles. The molecule has 70 heteroatoms. The van der Waals surface area contributed by atoms with E-state index in [-0.39, 0.29) is 0 Å². The molecule has 0 saturated heterocycles. The van der Waals surface area contributed by atoms with Crippen LogP contribution in [0.3, 0.4) is 0 Å². The van der Waals surface area contributed by atoms with Gasteiger partial charge in [0.15, 0.2) is 0 Å². The molecule has 0 rings (SSSR count). The normalized spacial score (nSPS) is 16.9. The van der Waals surface area contributed by atoms with E-state index in [1.165, 1.54) is 0 Å². The summed E-state index contributed by atoms with van der Waals surface area (Å²) in [6, 6.07) is 0. The van der Waals surface area contributed by atoms with Crippen LogP contribution in [0.4, 0.5) is 299 Å². The Hall–Kier alpha value is -4.84. The van der Waals surface area contributed by atoms with Crippen LogP contribution in [-0.4, -0.2) is 240 Å². The summed E-state index contributed by atoms with van der Waals surface area (Å²) in [7, 11) is 0. The van der Waals surface area contributed by atoms with Gasteiger partial charge in [-0.3, -0.25) is 0 Å². The van der Waals surface area contributed by atoms with E-state index in [4.69, 9.17) is 0 Å². The minimum Gasteiger partial charge on any atom is -0.302 e. The minimum atomic E-state index is -9.57. The van der Waals surface area contributed by atoms with Crippen molar-refractivity contribution in [1.82, 2.24) is 9.80 Å². The second-order valence-corrected chi connectivity index (χ2v) is 23.7. The Kier molecular flexibility index (Phi) is 29.3. The number of halogens is 68. The zero-order chi connectivity index (χ0) is 95.1. The zero-order valence-corrected chi connectivity index (χ0v) is 52.5. The summed E-state index contributed by atoms with van der Waals surface area (Å²) in [5, 5.41) is 0. The van der Waals surface area contributed by atoms with Crippen LogP contribution >= 0.6 is 0 Å². The van der Waals surface area contributed by atoms with E-state index in [0.717, 1.165) is 0 Å². The van der Waals surface area contributed by atoms with Crippen molar-refractivity contribution in [1.29, 1.82) is 0 Å². The van der Waals surface area contributed by atoms with E-state index in [0.29, 0.717) is 0 Å². The molecule has 0 fully saturated rings. The number of hydrogen-bond acceptors (Lipinski definition) is 2. The molecule has 0 radical (unpaired) electrons. The van der Waals surface area contributed by atoms with Crippen LogP contribution < -0.4 is 0 Å². The molecule has 0 amide bonds. The lowest BCUT2D eigenvalue weighted by molar-refractivity contribution is -0.461. The fourth-order valence-electron chi connectivity index (χ4n) is 8.47. The standard InChI is InChI=1S/C46H28F68N2/c47-15(48,19(55,56)23(63,64)27(71,72)31(79,80)35(87,88)39(95,96)43(103,104)105)5-1-9-115(10-2-6-16(49,50)20(57,58)24(65,66)28(73,74)32(81,82)36(89,90)40(97,98)44(106,107)108)13-14-116(11-3-7-17(51,52)21(59,60)25(67,68)29(75,76)33(83,84)37(91,92)41(99,100)45(109,110)111)12-4-8-18(53,54)22(61,62)26(69,70)30(77,78)34(85,86)38(93,94)42(101,102)46(112,113)114/h1-14H2. The highest BCUT2D eigenvalue weighted by atomic mass is 19.5. The first-order chi connectivity index (χ1) is 49.4. The average molecular weight is 1900 g/mol. The van der Waals surface area contributed by atoms with Gasteiger partial charge in [-0.25, -0.2) is 0 Å². The van der Waals surface area contributed by atoms with Gasteiger partial charge >= 0.3 is 191 Å². The van der Waals surface area contributed by atoms with Gasteiger partial charge in [0.25, 0.3) is 0 Å². The Balaban J connectivity index is 8.83. The Morgan fingerprint density at radius 2 is 0.190 bits per heavy atom. The largest absolute Gasteiger partial charge is 0.460 e. The number of rotatable bonds is 43. The first kappa shape index (κ1) is 111. The fraction of sp³-hybridized carbons (Fsp3) is 1.00. The lowest BCUT2D eigenvalue weighted by Crippen LogP contribution is -2.74. The highest BCUT2D eigenvalue weighted by Gasteiger charge is 3.00. The molecule has 0 aromatic carbocycles. The lowest BCUT2D eigenvalue weighted by Gasteiger charge is -2.43. The predicted octanol–water partition coefficient (Wildman–Crippen LogP) is 24.7. The third-order valence-electron chi connectivity index (χ3n) is 15.7. The molecular formula is C46H28F68N2. The van der Waals surface area contributed by atoms with E-state index in [1.807, 2.05) is 0 Å². The van der Waals surface area contributed by atoms with E-state index >= 15 is 0 Å². The van der Waals surface area contributed by atoms with Gasteiger partial charge in [-0.1, -0.05) is 0 Å². The molecule has 0 aliphatic heterocycles. The first-order valence-electron chi connectivity index (χ1n) is 27.7. The Morgan fingerprint density at radius 1 is 0.103 bits per heavy atom.